The maximum Gasteiger partial charge on any atom is 0.410 e. The predicted octanol–water partition coefficient (Wildman–Crippen LogP) is 3.68. The van der Waals surface area contributed by atoms with Gasteiger partial charge in [0, 0.05) is 18.7 Å². The molecule has 0 radical (unpaired) electrons. The molecular weight excluding hydrogens is 390 g/mol. The number of hydrogen-bond acceptors (Lipinski definition) is 5. The van der Waals surface area contributed by atoms with Gasteiger partial charge in [-0.2, -0.15) is 0 Å². The van der Waals surface area contributed by atoms with Crippen molar-refractivity contribution >= 4 is 28.0 Å². The molecule has 0 aliphatic carbocycles. The van der Waals surface area contributed by atoms with Gasteiger partial charge >= 0.3 is 12.1 Å². The van der Waals surface area contributed by atoms with E-state index in [4.69, 9.17) is 14.2 Å². The first kappa shape index (κ1) is 17.8. The topological polar surface area (TPSA) is 65.1 Å². The number of benzene rings is 1. The number of cyclic esters (lactones) is 1. The molecule has 1 aromatic carbocycles. The van der Waals surface area contributed by atoms with Crippen LogP contribution in [0.1, 0.15) is 36.7 Å². The Labute approximate surface area is 154 Å². The minimum absolute atomic E-state index is 0.214. The monoisotopic (exact) mass is 409 g/mol. The Morgan fingerprint density at radius 1 is 1.36 bits per heavy atom. The lowest BCUT2D eigenvalue weighted by Gasteiger charge is -2.24. The fourth-order valence-corrected chi connectivity index (χ4v) is 3.14. The van der Waals surface area contributed by atoms with Crippen LogP contribution in [0.25, 0.3) is 0 Å². The number of nitrogens with zero attached hydrogens (tertiary/aromatic N) is 1. The molecule has 0 saturated carbocycles. The number of carbonyl (C=O) groups is 2. The molecule has 1 amide bonds. The lowest BCUT2D eigenvalue weighted by atomic mass is 10.1. The van der Waals surface area contributed by atoms with Crippen LogP contribution in [0.3, 0.4) is 0 Å². The number of amides is 1. The summed E-state index contributed by atoms with van der Waals surface area (Å²) in [6, 6.07) is 3.50. The first-order chi connectivity index (χ1) is 11.7. The molecule has 2 aliphatic rings. The SMILES string of the molecule is CC(C)(C)OC(=O)N1CC=C(COc2c(Br)ccc3c2COC3=O)C1. The quantitative estimate of drug-likeness (QED) is 0.562. The standard InChI is InChI=1S/C18H20BrNO5/c1-18(2,3)25-17(22)20-7-6-11(8-20)9-23-15-13-10-24-16(21)12(13)4-5-14(15)19/h4-6H,7-10H2,1-3H3. The van der Waals surface area contributed by atoms with Crippen LogP contribution < -0.4 is 4.74 Å². The van der Waals surface area contributed by atoms with Crippen molar-refractivity contribution in [1.82, 2.24) is 4.90 Å². The third kappa shape index (κ3) is 3.98. The molecule has 1 aromatic rings. The maximum atomic E-state index is 12.1. The van der Waals surface area contributed by atoms with Crippen LogP contribution in [0, 0.1) is 0 Å². The van der Waals surface area contributed by atoms with Crippen LogP contribution >= 0.6 is 15.9 Å². The second-order valence-corrected chi connectivity index (χ2v) is 7.85. The lowest BCUT2D eigenvalue weighted by Crippen LogP contribution is -2.35. The van der Waals surface area contributed by atoms with Crippen LogP contribution in [-0.2, 0) is 16.1 Å². The van der Waals surface area contributed by atoms with Gasteiger partial charge in [-0.15, -0.1) is 0 Å². The molecule has 0 fully saturated rings. The second kappa shape index (κ2) is 6.71. The second-order valence-electron chi connectivity index (χ2n) is 6.99. The van der Waals surface area contributed by atoms with Gasteiger partial charge in [0.2, 0.25) is 0 Å². The average molecular weight is 410 g/mol. The van der Waals surface area contributed by atoms with Gasteiger partial charge in [-0.1, -0.05) is 6.08 Å². The number of rotatable bonds is 3. The van der Waals surface area contributed by atoms with Crippen LogP contribution in [0.2, 0.25) is 0 Å². The fraction of sp³-hybridized carbons (Fsp3) is 0.444. The van der Waals surface area contributed by atoms with Crippen molar-refractivity contribution in [3.8, 4) is 5.75 Å². The van der Waals surface area contributed by atoms with Gasteiger partial charge in [0.15, 0.2) is 0 Å². The zero-order chi connectivity index (χ0) is 18.2. The Morgan fingerprint density at radius 3 is 2.84 bits per heavy atom. The summed E-state index contributed by atoms with van der Waals surface area (Å²) in [6.45, 7) is 7.05. The number of carbonyl (C=O) groups excluding carboxylic acids is 2. The third-order valence-corrected chi connectivity index (χ3v) is 4.45. The van der Waals surface area contributed by atoms with Gasteiger partial charge in [0.05, 0.1) is 10.0 Å². The van der Waals surface area contributed by atoms with Crippen molar-refractivity contribution in [3.63, 3.8) is 0 Å². The molecule has 0 N–H and O–H groups in total. The molecule has 0 unspecified atom stereocenters. The van der Waals surface area contributed by atoms with Gasteiger partial charge in [-0.25, -0.2) is 9.59 Å². The molecule has 0 spiro atoms. The van der Waals surface area contributed by atoms with E-state index in [2.05, 4.69) is 15.9 Å². The Bertz CT molecular complexity index is 751. The highest BCUT2D eigenvalue weighted by atomic mass is 79.9. The zero-order valence-corrected chi connectivity index (χ0v) is 16.0. The highest BCUT2D eigenvalue weighted by Crippen LogP contribution is 2.36. The molecular formula is C18H20BrNO5. The minimum atomic E-state index is -0.516. The average Bonchev–Trinajstić information content (AvgIpc) is 3.12. The number of ether oxygens (including phenoxy) is 3. The first-order valence-corrected chi connectivity index (χ1v) is 8.81. The Hall–Kier alpha value is -2.02. The highest BCUT2D eigenvalue weighted by molar-refractivity contribution is 9.10. The van der Waals surface area contributed by atoms with Gasteiger partial charge in [-0.05, 0) is 54.4 Å². The Morgan fingerprint density at radius 2 is 2.12 bits per heavy atom. The van der Waals surface area contributed by atoms with E-state index in [0.717, 1.165) is 15.6 Å². The molecule has 2 heterocycles. The molecule has 134 valence electrons. The van der Waals surface area contributed by atoms with Crippen molar-refractivity contribution in [3.05, 3.63) is 39.4 Å². The lowest BCUT2D eigenvalue weighted by molar-refractivity contribution is 0.0299. The maximum absolute atomic E-state index is 12.1. The normalized spacial score (nSPS) is 16.4. The van der Waals surface area contributed by atoms with E-state index < -0.39 is 5.60 Å². The summed E-state index contributed by atoms with van der Waals surface area (Å²) in [6.07, 6.45) is 1.63. The van der Waals surface area contributed by atoms with Crippen molar-refractivity contribution in [1.29, 1.82) is 0 Å². The van der Waals surface area contributed by atoms with Crippen LogP contribution in [0.4, 0.5) is 4.79 Å². The van der Waals surface area contributed by atoms with Gasteiger partial charge in [0.1, 0.15) is 24.6 Å². The van der Waals surface area contributed by atoms with Gasteiger partial charge < -0.3 is 19.1 Å². The number of esters is 1. The van der Waals surface area contributed by atoms with E-state index in [1.807, 2.05) is 26.8 Å². The summed E-state index contributed by atoms with van der Waals surface area (Å²) in [4.78, 5) is 25.4. The van der Waals surface area contributed by atoms with Crippen molar-refractivity contribution in [2.45, 2.75) is 33.0 Å². The summed E-state index contributed by atoms with van der Waals surface area (Å²) in [7, 11) is 0. The summed E-state index contributed by atoms with van der Waals surface area (Å²) < 4.78 is 17.1. The summed E-state index contributed by atoms with van der Waals surface area (Å²) in [5.41, 5.74) is 1.76. The third-order valence-electron chi connectivity index (χ3n) is 3.83. The Kier molecular flexibility index (Phi) is 4.77. The van der Waals surface area contributed by atoms with Crippen LogP contribution in [0.5, 0.6) is 5.75 Å². The number of hydrogen-bond donors (Lipinski definition) is 0. The zero-order valence-electron chi connectivity index (χ0n) is 14.4. The van der Waals surface area contributed by atoms with Crippen molar-refractivity contribution < 1.29 is 23.8 Å². The summed E-state index contributed by atoms with van der Waals surface area (Å²) in [5.74, 6) is 0.281. The highest BCUT2D eigenvalue weighted by Gasteiger charge is 2.28. The molecule has 0 atom stereocenters. The molecule has 0 aromatic heterocycles. The van der Waals surface area contributed by atoms with Gasteiger partial charge in [0.25, 0.3) is 0 Å². The molecule has 7 heteroatoms. The largest absolute Gasteiger partial charge is 0.488 e. The number of fused-ring (bicyclic) bond motifs is 1. The molecule has 6 nitrogen and oxygen atoms in total. The van der Waals surface area contributed by atoms with Gasteiger partial charge in [-0.3, -0.25) is 0 Å². The first-order valence-electron chi connectivity index (χ1n) is 8.02. The predicted molar refractivity (Wildman–Crippen MR) is 94.6 cm³/mol. The molecule has 0 saturated heterocycles. The smallest absolute Gasteiger partial charge is 0.410 e. The van der Waals surface area contributed by atoms with E-state index in [9.17, 15) is 9.59 Å². The molecule has 25 heavy (non-hydrogen) atoms. The Balaban J connectivity index is 1.61. The minimum Gasteiger partial charge on any atom is -0.488 e. The number of halogens is 1. The molecule has 3 rings (SSSR count). The van der Waals surface area contributed by atoms with Crippen molar-refractivity contribution in [2.75, 3.05) is 19.7 Å². The van der Waals surface area contributed by atoms with E-state index in [0.29, 0.717) is 31.0 Å². The van der Waals surface area contributed by atoms with E-state index in [1.54, 1.807) is 17.0 Å². The van der Waals surface area contributed by atoms with Crippen LogP contribution in [0.15, 0.2) is 28.3 Å². The van der Waals surface area contributed by atoms with E-state index in [1.165, 1.54) is 0 Å². The summed E-state index contributed by atoms with van der Waals surface area (Å²) in [5, 5.41) is 0. The fourth-order valence-electron chi connectivity index (χ4n) is 2.65. The molecule has 2 aliphatic heterocycles. The molecule has 0 bridgehead atoms. The van der Waals surface area contributed by atoms with E-state index >= 15 is 0 Å². The van der Waals surface area contributed by atoms with Crippen molar-refractivity contribution in [2.24, 2.45) is 0 Å². The van der Waals surface area contributed by atoms with E-state index in [-0.39, 0.29) is 18.7 Å². The van der Waals surface area contributed by atoms with Crippen LogP contribution in [-0.4, -0.2) is 42.3 Å². The summed E-state index contributed by atoms with van der Waals surface area (Å²) >= 11 is 3.45.